The van der Waals surface area contributed by atoms with E-state index in [2.05, 4.69) is 15.2 Å². The van der Waals surface area contributed by atoms with Crippen LogP contribution in [-0.2, 0) is 4.79 Å². The largest absolute Gasteiger partial charge is 0.481 e. The number of nitrogens with one attached hydrogen (secondary N) is 1. The minimum Gasteiger partial charge on any atom is -0.481 e. The molecule has 1 aliphatic heterocycles. The van der Waals surface area contributed by atoms with Crippen LogP contribution >= 0.6 is 0 Å². The summed E-state index contributed by atoms with van der Waals surface area (Å²) in [5.74, 6) is -0.291. The Bertz CT molecular complexity index is 915. The third-order valence-corrected chi connectivity index (χ3v) is 6.82. The van der Waals surface area contributed by atoms with Crippen LogP contribution in [0.25, 0.3) is 16.6 Å². The van der Waals surface area contributed by atoms with Gasteiger partial charge in [0.1, 0.15) is 0 Å². The number of hydrogen-bond acceptors (Lipinski definition) is 6. The first kappa shape index (κ1) is 21.7. The summed E-state index contributed by atoms with van der Waals surface area (Å²) in [5, 5.41) is 12.6. The second-order valence-corrected chi connectivity index (χ2v) is 8.87. The Hall–Kier alpha value is -2.51. The molecule has 4 N–H and O–H groups in total. The van der Waals surface area contributed by atoms with Crippen LogP contribution in [0.4, 0.5) is 0 Å². The van der Waals surface area contributed by atoms with Gasteiger partial charge in [0.2, 0.25) is 0 Å². The van der Waals surface area contributed by atoms with Crippen molar-refractivity contribution in [3.8, 4) is 0 Å². The van der Waals surface area contributed by atoms with Crippen molar-refractivity contribution in [1.82, 2.24) is 20.2 Å². The lowest BCUT2D eigenvalue weighted by Gasteiger charge is -2.40. The number of fused-ring (bicyclic) bond motifs is 1. The first-order chi connectivity index (χ1) is 15.1. The van der Waals surface area contributed by atoms with Gasteiger partial charge in [-0.15, -0.1) is 0 Å². The Morgan fingerprint density at radius 2 is 1.84 bits per heavy atom. The summed E-state index contributed by atoms with van der Waals surface area (Å²) in [4.78, 5) is 22.8. The van der Waals surface area contributed by atoms with Crippen LogP contribution in [0.2, 0.25) is 0 Å². The van der Waals surface area contributed by atoms with Crippen LogP contribution in [0.5, 0.6) is 0 Å². The summed E-state index contributed by atoms with van der Waals surface area (Å²) in [5.41, 5.74) is 9.57. The van der Waals surface area contributed by atoms with E-state index in [0.29, 0.717) is 31.0 Å². The Morgan fingerprint density at radius 1 is 1.13 bits per heavy atom. The molecule has 1 aromatic heterocycles. The standard InChI is InChI=1S/C24H33N5O2/c25-14-18(23-16-27-21-3-1-2-4-22(21)28-23)15-26-19-9-11-29(12-10-19)20-7-5-17(6-8-20)13-24(30)31/h1-4,15-17,19-20,26H,5-14,25H2,(H,30,31)/b18-15+. The van der Waals surface area contributed by atoms with E-state index >= 15 is 0 Å². The molecular formula is C24H33N5O2. The van der Waals surface area contributed by atoms with Gasteiger partial charge in [0.05, 0.1) is 22.9 Å². The second-order valence-electron chi connectivity index (χ2n) is 8.87. The van der Waals surface area contributed by atoms with Crippen LogP contribution < -0.4 is 11.1 Å². The van der Waals surface area contributed by atoms with Crippen molar-refractivity contribution in [3.05, 3.63) is 42.4 Å². The maximum Gasteiger partial charge on any atom is 0.303 e. The summed E-state index contributed by atoms with van der Waals surface area (Å²) in [6, 6.07) is 8.92. The van der Waals surface area contributed by atoms with E-state index in [4.69, 9.17) is 15.8 Å². The van der Waals surface area contributed by atoms with Gasteiger partial charge in [-0.05, 0) is 56.6 Å². The molecule has 31 heavy (non-hydrogen) atoms. The fourth-order valence-corrected chi connectivity index (χ4v) is 4.96. The summed E-state index contributed by atoms with van der Waals surface area (Å²) >= 11 is 0. The number of aromatic nitrogens is 2. The summed E-state index contributed by atoms with van der Waals surface area (Å²) in [6.07, 6.45) is 10.7. The van der Waals surface area contributed by atoms with Crippen LogP contribution in [0.3, 0.4) is 0 Å². The van der Waals surface area contributed by atoms with Crippen molar-refractivity contribution in [1.29, 1.82) is 0 Å². The molecule has 0 radical (unpaired) electrons. The van der Waals surface area contributed by atoms with Gasteiger partial charge in [-0.2, -0.15) is 0 Å². The molecule has 0 unspecified atom stereocenters. The molecule has 0 atom stereocenters. The molecule has 1 saturated heterocycles. The van der Waals surface area contributed by atoms with Crippen molar-refractivity contribution < 1.29 is 9.90 Å². The molecule has 2 aromatic rings. The number of rotatable bonds is 7. The Balaban J connectivity index is 1.28. The molecule has 1 aromatic carbocycles. The highest BCUT2D eigenvalue weighted by Gasteiger charge is 2.29. The Morgan fingerprint density at radius 3 is 2.52 bits per heavy atom. The minimum atomic E-state index is -0.657. The molecule has 7 heteroatoms. The predicted molar refractivity (Wildman–Crippen MR) is 122 cm³/mol. The van der Waals surface area contributed by atoms with Gasteiger partial charge in [-0.25, -0.2) is 4.98 Å². The lowest BCUT2D eigenvalue weighted by Crippen LogP contribution is -2.47. The smallest absolute Gasteiger partial charge is 0.303 e. The van der Waals surface area contributed by atoms with Crippen molar-refractivity contribution in [3.63, 3.8) is 0 Å². The molecule has 2 aliphatic rings. The zero-order valence-electron chi connectivity index (χ0n) is 18.0. The van der Waals surface area contributed by atoms with Gasteiger partial charge >= 0.3 is 5.97 Å². The molecule has 4 rings (SSSR count). The average molecular weight is 424 g/mol. The zero-order chi connectivity index (χ0) is 21.6. The van der Waals surface area contributed by atoms with Crippen molar-refractivity contribution in [2.24, 2.45) is 11.7 Å². The van der Waals surface area contributed by atoms with Crippen LogP contribution in [0, 0.1) is 5.92 Å². The van der Waals surface area contributed by atoms with Crippen molar-refractivity contribution in [2.75, 3.05) is 19.6 Å². The van der Waals surface area contributed by atoms with Crippen molar-refractivity contribution >= 4 is 22.6 Å². The van der Waals surface area contributed by atoms with E-state index in [1.54, 1.807) is 6.20 Å². The number of para-hydroxylation sites is 2. The monoisotopic (exact) mass is 423 g/mol. The molecule has 0 bridgehead atoms. The van der Waals surface area contributed by atoms with Gasteiger partial charge in [-0.3, -0.25) is 9.78 Å². The van der Waals surface area contributed by atoms with Gasteiger partial charge in [0.15, 0.2) is 0 Å². The maximum atomic E-state index is 10.9. The number of piperidine rings is 1. The summed E-state index contributed by atoms with van der Waals surface area (Å²) in [7, 11) is 0. The number of carboxylic acids is 1. The van der Waals surface area contributed by atoms with E-state index in [-0.39, 0.29) is 0 Å². The fourth-order valence-electron chi connectivity index (χ4n) is 4.96. The normalized spacial score (nSPS) is 23.7. The van der Waals surface area contributed by atoms with E-state index in [9.17, 15) is 4.79 Å². The molecule has 0 amide bonds. The summed E-state index contributed by atoms with van der Waals surface area (Å²) in [6.45, 7) is 2.60. The number of likely N-dealkylation sites (tertiary alicyclic amines) is 1. The molecular weight excluding hydrogens is 390 g/mol. The third kappa shape index (κ3) is 5.60. The first-order valence-electron chi connectivity index (χ1n) is 11.5. The highest BCUT2D eigenvalue weighted by atomic mass is 16.4. The van der Waals surface area contributed by atoms with Crippen LogP contribution in [0.1, 0.15) is 50.6 Å². The SMILES string of the molecule is NC/C(=C\NC1CCN(C2CCC(CC(=O)O)CC2)CC1)c1cnc2ccccc2n1. The molecule has 2 heterocycles. The number of carboxylic acid groups (broad SMARTS) is 1. The van der Waals surface area contributed by atoms with Gasteiger partial charge in [-0.1, -0.05) is 12.1 Å². The van der Waals surface area contributed by atoms with E-state index in [1.807, 2.05) is 30.5 Å². The molecule has 7 nitrogen and oxygen atoms in total. The number of nitrogens with two attached hydrogens (primary N) is 1. The quantitative estimate of drug-likeness (QED) is 0.629. The maximum absolute atomic E-state index is 10.9. The number of carbonyl (C=O) groups is 1. The zero-order valence-corrected chi connectivity index (χ0v) is 18.0. The van der Waals surface area contributed by atoms with E-state index in [0.717, 1.165) is 73.9 Å². The highest BCUT2D eigenvalue weighted by Crippen LogP contribution is 2.31. The molecule has 1 aliphatic carbocycles. The van der Waals surface area contributed by atoms with Gasteiger partial charge in [0.25, 0.3) is 0 Å². The van der Waals surface area contributed by atoms with Gasteiger partial charge in [0, 0.05) is 49.9 Å². The first-order valence-corrected chi connectivity index (χ1v) is 11.5. The molecule has 2 fully saturated rings. The number of nitrogens with zero attached hydrogens (tertiary/aromatic N) is 3. The highest BCUT2D eigenvalue weighted by molar-refractivity contribution is 5.76. The van der Waals surface area contributed by atoms with E-state index < -0.39 is 5.97 Å². The molecule has 0 spiro atoms. The lowest BCUT2D eigenvalue weighted by molar-refractivity contribution is -0.138. The average Bonchev–Trinajstić information content (AvgIpc) is 2.80. The van der Waals surface area contributed by atoms with E-state index in [1.165, 1.54) is 0 Å². The number of benzene rings is 1. The van der Waals surface area contributed by atoms with Crippen molar-refractivity contribution in [2.45, 2.75) is 57.0 Å². The third-order valence-electron chi connectivity index (χ3n) is 6.82. The Kier molecular flexibility index (Phi) is 7.14. The molecule has 166 valence electrons. The van der Waals surface area contributed by atoms with Crippen LogP contribution in [-0.4, -0.2) is 57.7 Å². The van der Waals surface area contributed by atoms with Crippen LogP contribution in [0.15, 0.2) is 36.7 Å². The number of hydrogen-bond donors (Lipinski definition) is 3. The molecule has 1 saturated carbocycles. The topological polar surface area (TPSA) is 104 Å². The summed E-state index contributed by atoms with van der Waals surface area (Å²) < 4.78 is 0. The lowest BCUT2D eigenvalue weighted by atomic mass is 9.83. The van der Waals surface area contributed by atoms with Gasteiger partial charge < -0.3 is 21.1 Å². The minimum absolute atomic E-state index is 0.329. The predicted octanol–water partition coefficient (Wildman–Crippen LogP) is 3.02. The number of aliphatic carboxylic acids is 1. The second kappa shape index (κ2) is 10.2. The Labute approximate surface area is 183 Å². The fraction of sp³-hybridized carbons (Fsp3) is 0.542.